The summed E-state index contributed by atoms with van der Waals surface area (Å²) in [4.78, 5) is 12.1. The number of thiocarbonyl (C=S) groups is 1. The normalized spacial score (nSPS) is 10.8. The highest BCUT2D eigenvalue weighted by molar-refractivity contribution is 7.89. The molecule has 0 radical (unpaired) electrons. The third-order valence-corrected chi connectivity index (χ3v) is 4.94. The number of benzene rings is 2. The highest BCUT2D eigenvalue weighted by Gasteiger charge is 2.12. The van der Waals surface area contributed by atoms with E-state index in [0.29, 0.717) is 5.69 Å². The van der Waals surface area contributed by atoms with Crippen molar-refractivity contribution >= 4 is 38.9 Å². The number of nitrogens with one attached hydrogen (secondary N) is 3. The molecular formula is C18H19N3O3S2. The molecule has 2 rings (SSSR count). The molecule has 0 bridgehead atoms. The fraction of sp³-hybridized carbons (Fsp3) is 0.111. The van der Waals surface area contributed by atoms with Gasteiger partial charge in [-0.3, -0.25) is 4.79 Å². The molecule has 0 saturated carbocycles. The number of sulfonamides is 1. The second-order valence-corrected chi connectivity index (χ2v) is 7.50. The zero-order valence-corrected chi connectivity index (χ0v) is 15.6. The van der Waals surface area contributed by atoms with E-state index in [4.69, 9.17) is 12.2 Å². The average molecular weight is 390 g/mol. The van der Waals surface area contributed by atoms with Crippen LogP contribution in [0.2, 0.25) is 0 Å². The first-order chi connectivity index (χ1) is 12.4. The molecule has 136 valence electrons. The van der Waals surface area contributed by atoms with Crippen LogP contribution in [0.4, 0.5) is 5.69 Å². The monoisotopic (exact) mass is 389 g/mol. The van der Waals surface area contributed by atoms with Gasteiger partial charge in [0.2, 0.25) is 15.9 Å². The second-order valence-electron chi connectivity index (χ2n) is 5.33. The summed E-state index contributed by atoms with van der Waals surface area (Å²) in [5.41, 5.74) is 1.45. The lowest BCUT2D eigenvalue weighted by Gasteiger charge is -2.10. The van der Waals surface area contributed by atoms with Crippen molar-refractivity contribution in [2.45, 2.75) is 11.3 Å². The van der Waals surface area contributed by atoms with E-state index in [1.54, 1.807) is 12.1 Å². The Balaban J connectivity index is 1.91. The summed E-state index contributed by atoms with van der Waals surface area (Å²) in [6.45, 7) is 3.62. The van der Waals surface area contributed by atoms with Crippen LogP contribution in [0, 0.1) is 0 Å². The van der Waals surface area contributed by atoms with Gasteiger partial charge in [0.05, 0.1) is 11.3 Å². The van der Waals surface area contributed by atoms with E-state index in [9.17, 15) is 13.2 Å². The number of hydrogen-bond acceptors (Lipinski definition) is 4. The molecule has 0 spiro atoms. The number of carbonyl (C=O) groups is 1. The average Bonchev–Trinajstić information content (AvgIpc) is 2.61. The van der Waals surface area contributed by atoms with Crippen LogP contribution < -0.4 is 15.4 Å². The third-order valence-electron chi connectivity index (χ3n) is 3.30. The summed E-state index contributed by atoms with van der Waals surface area (Å²) < 4.78 is 26.3. The Morgan fingerprint density at radius 2 is 1.73 bits per heavy atom. The molecule has 8 heteroatoms. The van der Waals surface area contributed by atoms with E-state index >= 15 is 0 Å². The van der Waals surface area contributed by atoms with Crippen LogP contribution in [0.1, 0.15) is 5.56 Å². The van der Waals surface area contributed by atoms with Crippen molar-refractivity contribution in [2.75, 3.05) is 11.9 Å². The van der Waals surface area contributed by atoms with Gasteiger partial charge in [0.1, 0.15) is 0 Å². The summed E-state index contributed by atoms with van der Waals surface area (Å²) >= 11 is 5.11. The zero-order chi connectivity index (χ0) is 19.0. The molecule has 0 aliphatic rings. The van der Waals surface area contributed by atoms with Gasteiger partial charge in [-0.2, -0.15) is 0 Å². The van der Waals surface area contributed by atoms with Gasteiger partial charge in [-0.15, -0.1) is 6.58 Å². The molecule has 2 aromatic rings. The highest BCUT2D eigenvalue weighted by Crippen LogP contribution is 2.14. The van der Waals surface area contributed by atoms with Crippen LogP contribution >= 0.6 is 12.2 Å². The standard InChI is InChI=1S/C18H19N3O3S2/c1-2-12-19-26(23,24)16-10-8-15(9-11-16)20-18(25)21-17(22)13-14-6-4-3-5-7-14/h2-11,19H,1,12-13H2,(H2,20,21,22,25). The fourth-order valence-corrected chi connectivity index (χ4v) is 3.31. The smallest absolute Gasteiger partial charge is 0.240 e. The fourth-order valence-electron chi connectivity index (χ4n) is 2.08. The minimum Gasteiger partial charge on any atom is -0.332 e. The zero-order valence-electron chi connectivity index (χ0n) is 13.9. The molecule has 0 unspecified atom stereocenters. The lowest BCUT2D eigenvalue weighted by Crippen LogP contribution is -2.35. The summed E-state index contributed by atoms with van der Waals surface area (Å²) in [6, 6.07) is 15.3. The number of amides is 1. The summed E-state index contributed by atoms with van der Waals surface area (Å²) in [5, 5.41) is 5.58. The van der Waals surface area contributed by atoms with E-state index in [-0.39, 0.29) is 28.9 Å². The Bertz CT molecular complexity index is 880. The summed E-state index contributed by atoms with van der Waals surface area (Å²) in [6.07, 6.45) is 1.68. The molecule has 0 aromatic heterocycles. The Labute approximate surface area is 158 Å². The van der Waals surface area contributed by atoms with Crippen LogP contribution in [-0.2, 0) is 21.2 Å². The van der Waals surface area contributed by atoms with Crippen molar-refractivity contribution in [3.05, 3.63) is 72.8 Å². The van der Waals surface area contributed by atoms with E-state index in [2.05, 4.69) is 21.9 Å². The molecule has 0 aliphatic carbocycles. The maximum absolute atomic E-state index is 12.0. The van der Waals surface area contributed by atoms with Crippen LogP contribution in [0.15, 0.2) is 72.1 Å². The minimum absolute atomic E-state index is 0.129. The second kappa shape index (κ2) is 9.23. The van der Waals surface area contributed by atoms with Crippen LogP contribution in [-0.4, -0.2) is 26.0 Å². The molecule has 2 aromatic carbocycles. The van der Waals surface area contributed by atoms with Crippen molar-refractivity contribution < 1.29 is 13.2 Å². The Morgan fingerprint density at radius 1 is 1.08 bits per heavy atom. The lowest BCUT2D eigenvalue weighted by molar-refractivity contribution is -0.119. The number of anilines is 1. The lowest BCUT2D eigenvalue weighted by atomic mass is 10.1. The van der Waals surface area contributed by atoms with Crippen molar-refractivity contribution in [1.29, 1.82) is 0 Å². The number of carbonyl (C=O) groups excluding carboxylic acids is 1. The van der Waals surface area contributed by atoms with Crippen LogP contribution in [0.3, 0.4) is 0 Å². The highest BCUT2D eigenvalue weighted by atomic mass is 32.2. The molecular weight excluding hydrogens is 370 g/mol. The molecule has 0 aliphatic heterocycles. The molecule has 6 nitrogen and oxygen atoms in total. The van der Waals surface area contributed by atoms with Gasteiger partial charge in [0.15, 0.2) is 5.11 Å². The first-order valence-electron chi connectivity index (χ1n) is 7.76. The molecule has 1 amide bonds. The van der Waals surface area contributed by atoms with Gasteiger partial charge in [-0.05, 0) is 42.0 Å². The molecule has 3 N–H and O–H groups in total. The minimum atomic E-state index is -3.57. The van der Waals surface area contributed by atoms with Gasteiger partial charge >= 0.3 is 0 Å². The maximum atomic E-state index is 12.0. The van der Waals surface area contributed by atoms with E-state index in [1.807, 2.05) is 30.3 Å². The first kappa shape index (κ1) is 19.8. The Kier molecular flexibility index (Phi) is 7.02. The molecule has 26 heavy (non-hydrogen) atoms. The van der Waals surface area contributed by atoms with Gasteiger partial charge in [0, 0.05) is 12.2 Å². The van der Waals surface area contributed by atoms with Gasteiger partial charge in [0.25, 0.3) is 0 Å². The summed E-state index contributed by atoms with van der Waals surface area (Å²) in [5.74, 6) is -0.235. The maximum Gasteiger partial charge on any atom is 0.240 e. The predicted octanol–water partition coefficient (Wildman–Crippen LogP) is 2.21. The largest absolute Gasteiger partial charge is 0.332 e. The van der Waals surface area contributed by atoms with E-state index in [0.717, 1.165) is 5.56 Å². The first-order valence-corrected chi connectivity index (χ1v) is 9.65. The van der Waals surface area contributed by atoms with E-state index in [1.165, 1.54) is 18.2 Å². The van der Waals surface area contributed by atoms with E-state index < -0.39 is 10.0 Å². The van der Waals surface area contributed by atoms with Crippen molar-refractivity contribution in [2.24, 2.45) is 0 Å². The quantitative estimate of drug-likeness (QED) is 0.499. The molecule has 0 heterocycles. The van der Waals surface area contributed by atoms with Crippen molar-refractivity contribution in [3.63, 3.8) is 0 Å². The Hall–Kier alpha value is -2.55. The number of hydrogen-bond donors (Lipinski definition) is 3. The SMILES string of the molecule is C=CCNS(=O)(=O)c1ccc(NC(=S)NC(=O)Cc2ccccc2)cc1. The van der Waals surface area contributed by atoms with Gasteiger partial charge < -0.3 is 10.6 Å². The molecule has 0 saturated heterocycles. The topological polar surface area (TPSA) is 87.3 Å². The van der Waals surface area contributed by atoms with Gasteiger partial charge in [-0.25, -0.2) is 13.1 Å². The van der Waals surface area contributed by atoms with Gasteiger partial charge in [-0.1, -0.05) is 36.4 Å². The molecule has 0 fully saturated rings. The Morgan fingerprint density at radius 3 is 2.35 bits per heavy atom. The number of rotatable bonds is 7. The third kappa shape index (κ3) is 6.07. The summed E-state index contributed by atoms with van der Waals surface area (Å²) in [7, 11) is -3.57. The van der Waals surface area contributed by atoms with Crippen LogP contribution in [0.25, 0.3) is 0 Å². The van der Waals surface area contributed by atoms with Crippen molar-refractivity contribution in [3.8, 4) is 0 Å². The van der Waals surface area contributed by atoms with Crippen LogP contribution in [0.5, 0.6) is 0 Å². The predicted molar refractivity (Wildman–Crippen MR) is 106 cm³/mol. The molecule has 0 atom stereocenters. The van der Waals surface area contributed by atoms with Crippen molar-refractivity contribution in [1.82, 2.24) is 10.0 Å².